The molecule has 0 saturated carbocycles. The smallest absolute Gasteiger partial charge is 0.406 e. The normalized spacial score (nSPS) is 11.3. The van der Waals surface area contributed by atoms with E-state index in [2.05, 4.69) is 15.0 Å². The van der Waals surface area contributed by atoms with Gasteiger partial charge in [0.25, 0.3) is 0 Å². The zero-order chi connectivity index (χ0) is 13.2. The quantitative estimate of drug-likeness (QED) is 0.909. The number of nitrogens with zero attached hydrogens (tertiary/aromatic N) is 1. The van der Waals surface area contributed by atoms with Crippen molar-refractivity contribution in [2.45, 2.75) is 6.36 Å². The van der Waals surface area contributed by atoms with Crippen LogP contribution in [0, 0.1) is 0 Å². The van der Waals surface area contributed by atoms with E-state index in [0.29, 0.717) is 16.0 Å². The highest BCUT2D eigenvalue weighted by Crippen LogP contribution is 2.28. The summed E-state index contributed by atoms with van der Waals surface area (Å²) in [6.45, 7) is 0. The molecule has 1 N–H and O–H groups in total. The van der Waals surface area contributed by atoms with Gasteiger partial charge in [-0.05, 0) is 12.1 Å². The van der Waals surface area contributed by atoms with Crippen molar-refractivity contribution in [1.29, 1.82) is 0 Å². The zero-order valence-corrected chi connectivity index (χ0v) is 10.2. The van der Waals surface area contributed by atoms with Gasteiger partial charge in [0, 0.05) is 17.1 Å². The third-order valence-corrected chi connectivity index (χ3v) is 2.88. The molecule has 0 saturated heterocycles. The van der Waals surface area contributed by atoms with E-state index in [1.165, 1.54) is 29.5 Å². The molecule has 0 spiro atoms. The van der Waals surface area contributed by atoms with Crippen LogP contribution in [-0.2, 0) is 0 Å². The Hall–Kier alpha value is -1.47. The van der Waals surface area contributed by atoms with Gasteiger partial charge in [-0.3, -0.25) is 0 Å². The van der Waals surface area contributed by atoms with Crippen molar-refractivity contribution in [3.8, 4) is 5.75 Å². The molecule has 0 unspecified atom stereocenters. The van der Waals surface area contributed by atoms with E-state index in [4.69, 9.17) is 11.6 Å². The molecule has 2 aromatic rings. The number of benzene rings is 1. The lowest BCUT2D eigenvalue weighted by Gasteiger charge is -2.10. The molecule has 0 fully saturated rings. The fraction of sp³-hybridized carbons (Fsp3) is 0.100. The summed E-state index contributed by atoms with van der Waals surface area (Å²) in [5.41, 5.74) is 0.433. The predicted octanol–water partition coefficient (Wildman–Crippen LogP) is 4.44. The highest BCUT2D eigenvalue weighted by atomic mass is 35.5. The van der Waals surface area contributed by atoms with Crippen molar-refractivity contribution in [2.24, 2.45) is 0 Å². The molecule has 0 radical (unpaired) electrons. The lowest BCUT2D eigenvalue weighted by molar-refractivity contribution is -0.274. The number of hydrogen-bond acceptors (Lipinski definition) is 4. The van der Waals surface area contributed by atoms with Crippen molar-refractivity contribution >= 4 is 33.8 Å². The van der Waals surface area contributed by atoms with Crippen LogP contribution in [0.4, 0.5) is 24.0 Å². The first-order valence-corrected chi connectivity index (χ1v) is 5.92. The van der Waals surface area contributed by atoms with Crippen molar-refractivity contribution in [3.05, 3.63) is 34.8 Å². The maximum atomic E-state index is 12.0. The molecule has 0 amide bonds. The molecule has 1 heterocycles. The van der Waals surface area contributed by atoms with Crippen LogP contribution < -0.4 is 10.1 Å². The molecule has 18 heavy (non-hydrogen) atoms. The number of alkyl halides is 3. The minimum atomic E-state index is -4.71. The van der Waals surface area contributed by atoms with Crippen molar-refractivity contribution < 1.29 is 17.9 Å². The highest BCUT2D eigenvalue weighted by Gasteiger charge is 2.31. The largest absolute Gasteiger partial charge is 0.573 e. The summed E-state index contributed by atoms with van der Waals surface area (Å²) in [5, 5.41) is 5.25. The van der Waals surface area contributed by atoms with Gasteiger partial charge in [0.05, 0.1) is 0 Å². The number of hydrogen-bond donors (Lipinski definition) is 1. The van der Waals surface area contributed by atoms with Crippen LogP contribution in [0.2, 0.25) is 5.15 Å². The molecule has 2 rings (SSSR count). The Morgan fingerprint density at radius 3 is 2.72 bits per heavy atom. The van der Waals surface area contributed by atoms with E-state index in [1.807, 2.05) is 0 Å². The van der Waals surface area contributed by atoms with Crippen LogP contribution in [-0.4, -0.2) is 11.3 Å². The Kier molecular flexibility index (Phi) is 3.63. The van der Waals surface area contributed by atoms with Gasteiger partial charge < -0.3 is 10.1 Å². The predicted molar refractivity (Wildman–Crippen MR) is 63.5 cm³/mol. The summed E-state index contributed by atoms with van der Waals surface area (Å²) in [6.07, 6.45) is -4.71. The van der Waals surface area contributed by atoms with E-state index in [9.17, 15) is 13.2 Å². The van der Waals surface area contributed by atoms with Crippen molar-refractivity contribution in [3.63, 3.8) is 0 Å². The first-order valence-electron chi connectivity index (χ1n) is 4.66. The minimum absolute atomic E-state index is 0.296. The average Bonchev–Trinajstić information content (AvgIpc) is 2.62. The molecule has 1 aromatic heterocycles. The third-order valence-electron chi connectivity index (χ3n) is 1.80. The van der Waals surface area contributed by atoms with Crippen molar-refractivity contribution in [1.82, 2.24) is 4.98 Å². The average molecular weight is 295 g/mol. The van der Waals surface area contributed by atoms with Crippen LogP contribution in [0.3, 0.4) is 0 Å². The Morgan fingerprint density at radius 2 is 2.11 bits per heavy atom. The Morgan fingerprint density at radius 1 is 1.33 bits per heavy atom. The highest BCUT2D eigenvalue weighted by molar-refractivity contribution is 7.14. The maximum Gasteiger partial charge on any atom is 0.573 e. The van der Waals surface area contributed by atoms with Gasteiger partial charge in [-0.2, -0.15) is 0 Å². The summed E-state index contributed by atoms with van der Waals surface area (Å²) < 4.78 is 39.9. The third kappa shape index (κ3) is 3.78. The van der Waals surface area contributed by atoms with Crippen LogP contribution in [0.25, 0.3) is 0 Å². The van der Waals surface area contributed by atoms with Gasteiger partial charge in [0.15, 0.2) is 5.13 Å². The van der Waals surface area contributed by atoms with E-state index in [0.717, 1.165) is 0 Å². The summed E-state index contributed by atoms with van der Waals surface area (Å²) in [4.78, 5) is 3.92. The van der Waals surface area contributed by atoms with Crippen LogP contribution in [0.5, 0.6) is 5.75 Å². The first kappa shape index (κ1) is 13.0. The van der Waals surface area contributed by atoms with Gasteiger partial charge in [-0.1, -0.05) is 17.7 Å². The fourth-order valence-electron chi connectivity index (χ4n) is 1.21. The summed E-state index contributed by atoms with van der Waals surface area (Å²) >= 11 is 6.88. The topological polar surface area (TPSA) is 34.1 Å². The van der Waals surface area contributed by atoms with Crippen molar-refractivity contribution in [2.75, 3.05) is 5.32 Å². The second kappa shape index (κ2) is 5.03. The van der Waals surface area contributed by atoms with E-state index in [1.54, 1.807) is 11.4 Å². The zero-order valence-electron chi connectivity index (χ0n) is 8.66. The first-order chi connectivity index (χ1) is 8.42. The number of halogens is 4. The molecule has 3 nitrogen and oxygen atoms in total. The summed E-state index contributed by atoms with van der Waals surface area (Å²) in [5.74, 6) is -0.296. The molecule has 96 valence electrons. The van der Waals surface area contributed by atoms with E-state index in [-0.39, 0.29) is 5.75 Å². The SMILES string of the molecule is FC(F)(F)Oc1cccc(Nc2nc(Cl)cs2)c1. The molecular formula is C10H6ClF3N2OS. The fourth-order valence-corrected chi connectivity index (χ4v) is 2.06. The molecule has 1 aromatic carbocycles. The second-order valence-corrected chi connectivity index (χ2v) is 4.42. The summed E-state index contributed by atoms with van der Waals surface area (Å²) in [7, 11) is 0. The number of nitrogens with one attached hydrogen (secondary N) is 1. The van der Waals surface area contributed by atoms with Gasteiger partial charge in [0.2, 0.25) is 0 Å². The molecule has 0 aliphatic rings. The number of anilines is 2. The van der Waals surface area contributed by atoms with Crippen LogP contribution >= 0.6 is 22.9 Å². The van der Waals surface area contributed by atoms with Gasteiger partial charge >= 0.3 is 6.36 Å². The van der Waals surface area contributed by atoms with Gasteiger partial charge in [-0.25, -0.2) is 4.98 Å². The standard InChI is InChI=1S/C10H6ClF3N2OS/c11-8-5-18-9(16-8)15-6-2-1-3-7(4-6)17-10(12,13)14/h1-5H,(H,15,16). The number of ether oxygens (including phenoxy) is 1. The van der Waals surface area contributed by atoms with Crippen LogP contribution in [0.1, 0.15) is 0 Å². The van der Waals surface area contributed by atoms with Gasteiger partial charge in [-0.15, -0.1) is 24.5 Å². The van der Waals surface area contributed by atoms with Crippen LogP contribution in [0.15, 0.2) is 29.6 Å². The second-order valence-electron chi connectivity index (χ2n) is 3.18. The van der Waals surface area contributed by atoms with E-state index < -0.39 is 6.36 Å². The molecule has 0 aliphatic carbocycles. The summed E-state index contributed by atoms with van der Waals surface area (Å²) in [6, 6.07) is 5.48. The Balaban J connectivity index is 2.12. The van der Waals surface area contributed by atoms with Gasteiger partial charge in [0.1, 0.15) is 10.9 Å². The number of rotatable bonds is 3. The molecule has 8 heteroatoms. The Bertz CT molecular complexity index is 544. The lowest BCUT2D eigenvalue weighted by atomic mass is 10.3. The lowest BCUT2D eigenvalue weighted by Crippen LogP contribution is -2.17. The maximum absolute atomic E-state index is 12.0. The van der Waals surface area contributed by atoms with E-state index >= 15 is 0 Å². The number of aromatic nitrogens is 1. The molecule has 0 aliphatic heterocycles. The minimum Gasteiger partial charge on any atom is -0.406 e. The Labute approximate surface area is 109 Å². The molecule has 0 bridgehead atoms. The number of thiazole rings is 1. The molecule has 0 atom stereocenters. The monoisotopic (exact) mass is 294 g/mol. The molecular weight excluding hydrogens is 289 g/mol.